The molecular weight excluding hydrogens is 327 g/mol. The summed E-state index contributed by atoms with van der Waals surface area (Å²) in [5.74, 6) is 0. The van der Waals surface area contributed by atoms with Crippen molar-refractivity contribution in [1.82, 2.24) is 0 Å². The van der Waals surface area contributed by atoms with E-state index in [9.17, 15) is 0 Å². The van der Waals surface area contributed by atoms with Crippen molar-refractivity contribution in [3.05, 3.63) is 38.6 Å². The number of nitriles is 3. The number of hydrogen-bond acceptors (Lipinski definition) is 4. The highest BCUT2D eigenvalue weighted by Gasteiger charge is 2.07. The van der Waals surface area contributed by atoms with Gasteiger partial charge in [0.1, 0.15) is 23.9 Å². The molecule has 0 saturated heterocycles. The zero-order valence-electron chi connectivity index (χ0n) is 8.95. The largest absolute Gasteiger partial charge is 0.345 e. The van der Waals surface area contributed by atoms with Gasteiger partial charge in [-0.3, -0.25) is 0 Å². The second-order valence-corrected chi connectivity index (χ2v) is 4.42. The molecule has 0 spiro atoms. The Morgan fingerprint density at radius 3 is 2.29 bits per heavy atom. The molecule has 17 heavy (non-hydrogen) atoms. The van der Waals surface area contributed by atoms with E-state index in [4.69, 9.17) is 15.8 Å². The molecule has 0 radical (unpaired) electrons. The minimum absolute atomic E-state index is 0.0284. The van der Waals surface area contributed by atoms with E-state index in [1.807, 2.05) is 25.1 Å². The molecular formula is C12H7IN4. The monoisotopic (exact) mass is 334 g/mol. The minimum atomic E-state index is -0.217. The summed E-state index contributed by atoms with van der Waals surface area (Å²) in [5.41, 5.74) is 1.41. The quantitative estimate of drug-likeness (QED) is 0.666. The average molecular weight is 334 g/mol. The van der Waals surface area contributed by atoms with Gasteiger partial charge in [0.25, 0.3) is 0 Å². The maximum absolute atomic E-state index is 8.89. The van der Waals surface area contributed by atoms with Crippen LogP contribution in [0.1, 0.15) is 5.56 Å². The fraction of sp³-hybridized carbons (Fsp3) is 0.0833. The Hall–Kier alpha value is -2.04. The minimum Gasteiger partial charge on any atom is -0.345 e. The zero-order chi connectivity index (χ0) is 12.8. The molecule has 0 aliphatic heterocycles. The summed E-state index contributed by atoms with van der Waals surface area (Å²) in [4.78, 5) is 0. The molecule has 0 heterocycles. The van der Waals surface area contributed by atoms with Crippen molar-refractivity contribution in [3.63, 3.8) is 0 Å². The Bertz CT molecular complexity index is 580. The number of nitrogens with one attached hydrogen (secondary N) is 1. The molecule has 0 atom stereocenters. The lowest BCUT2D eigenvalue weighted by molar-refractivity contribution is 1.34. The summed E-state index contributed by atoms with van der Waals surface area (Å²) in [6.45, 7) is 1.89. The topological polar surface area (TPSA) is 83.4 Å². The Kier molecular flexibility index (Phi) is 4.51. The van der Waals surface area contributed by atoms with Gasteiger partial charge in [-0.1, -0.05) is 0 Å². The zero-order valence-corrected chi connectivity index (χ0v) is 11.1. The van der Waals surface area contributed by atoms with Crippen molar-refractivity contribution >= 4 is 28.3 Å². The number of aryl methyl sites for hydroxylation is 1. The van der Waals surface area contributed by atoms with Gasteiger partial charge in [0.05, 0.1) is 0 Å². The van der Waals surface area contributed by atoms with E-state index in [1.54, 1.807) is 18.2 Å². The molecule has 1 N–H and O–H groups in total. The summed E-state index contributed by atoms with van der Waals surface area (Å²) in [6.07, 6.45) is 0. The van der Waals surface area contributed by atoms with Crippen LogP contribution in [-0.4, -0.2) is 0 Å². The van der Waals surface area contributed by atoms with Gasteiger partial charge < -0.3 is 5.32 Å². The van der Waals surface area contributed by atoms with Gasteiger partial charge in [-0.05, 0) is 53.3 Å². The fourth-order valence-corrected chi connectivity index (χ4v) is 1.83. The summed E-state index contributed by atoms with van der Waals surface area (Å²) < 4.78 is 1.08. The lowest BCUT2D eigenvalue weighted by Crippen LogP contribution is -2.02. The standard InChI is InChI=1S/C12H7IN4/c1-8-4-10(13)2-3-11(8)17-12(7-16)9(5-14)6-15/h2-4,17H,1H3. The van der Waals surface area contributed by atoms with Crippen molar-refractivity contribution in [2.24, 2.45) is 0 Å². The van der Waals surface area contributed by atoms with Crippen LogP contribution in [0.4, 0.5) is 5.69 Å². The molecule has 0 aromatic heterocycles. The van der Waals surface area contributed by atoms with Crippen LogP contribution < -0.4 is 5.32 Å². The maximum Gasteiger partial charge on any atom is 0.163 e. The van der Waals surface area contributed by atoms with Crippen molar-refractivity contribution in [2.75, 3.05) is 5.32 Å². The third-order valence-corrected chi connectivity index (χ3v) is 2.70. The smallest absolute Gasteiger partial charge is 0.163 e. The fourth-order valence-electron chi connectivity index (χ4n) is 1.19. The highest BCUT2D eigenvalue weighted by Crippen LogP contribution is 2.20. The van der Waals surface area contributed by atoms with Gasteiger partial charge >= 0.3 is 0 Å². The molecule has 0 bridgehead atoms. The third-order valence-electron chi connectivity index (χ3n) is 2.03. The van der Waals surface area contributed by atoms with Gasteiger partial charge in [-0.2, -0.15) is 15.8 Å². The molecule has 82 valence electrons. The van der Waals surface area contributed by atoms with Crippen molar-refractivity contribution in [3.8, 4) is 18.2 Å². The average Bonchev–Trinajstić information content (AvgIpc) is 2.32. The van der Waals surface area contributed by atoms with Crippen LogP contribution in [0, 0.1) is 44.5 Å². The molecule has 0 fully saturated rings. The number of halogens is 1. The lowest BCUT2D eigenvalue weighted by atomic mass is 10.2. The second-order valence-electron chi connectivity index (χ2n) is 3.17. The van der Waals surface area contributed by atoms with Crippen LogP contribution in [0.25, 0.3) is 0 Å². The van der Waals surface area contributed by atoms with Crippen LogP contribution in [0.3, 0.4) is 0 Å². The predicted octanol–water partition coefficient (Wildman–Crippen LogP) is 2.84. The molecule has 1 aromatic rings. The van der Waals surface area contributed by atoms with Crippen molar-refractivity contribution < 1.29 is 0 Å². The van der Waals surface area contributed by atoms with E-state index in [-0.39, 0.29) is 11.3 Å². The van der Waals surface area contributed by atoms with Gasteiger partial charge in [-0.25, -0.2) is 0 Å². The van der Waals surface area contributed by atoms with Crippen LogP contribution in [0.5, 0.6) is 0 Å². The Balaban J connectivity index is 3.16. The van der Waals surface area contributed by atoms with Gasteiger partial charge in [0, 0.05) is 9.26 Å². The first kappa shape index (κ1) is 13.0. The number of rotatable bonds is 2. The normalized spacial score (nSPS) is 8.41. The summed E-state index contributed by atoms with van der Waals surface area (Å²) >= 11 is 2.18. The third kappa shape index (κ3) is 3.21. The van der Waals surface area contributed by atoms with Crippen LogP contribution in [-0.2, 0) is 0 Å². The second kappa shape index (κ2) is 5.89. The SMILES string of the molecule is Cc1cc(I)ccc1NC(C#N)=C(C#N)C#N. The molecule has 1 aromatic carbocycles. The first-order valence-electron chi connectivity index (χ1n) is 4.60. The van der Waals surface area contributed by atoms with Crippen LogP contribution in [0.2, 0.25) is 0 Å². The number of benzene rings is 1. The number of allylic oxidation sites excluding steroid dienone is 2. The number of nitrogens with zero attached hydrogens (tertiary/aromatic N) is 3. The first-order valence-corrected chi connectivity index (χ1v) is 5.68. The van der Waals surface area contributed by atoms with E-state index >= 15 is 0 Å². The Labute approximate surface area is 113 Å². The van der Waals surface area contributed by atoms with E-state index in [0.29, 0.717) is 5.69 Å². The summed E-state index contributed by atoms with van der Waals surface area (Å²) in [7, 11) is 0. The Morgan fingerprint density at radius 1 is 1.18 bits per heavy atom. The van der Waals surface area contributed by atoms with Crippen molar-refractivity contribution in [2.45, 2.75) is 6.92 Å². The number of anilines is 1. The highest BCUT2D eigenvalue weighted by atomic mass is 127. The van der Waals surface area contributed by atoms with E-state index in [0.717, 1.165) is 9.13 Å². The van der Waals surface area contributed by atoms with Gasteiger partial charge in [-0.15, -0.1) is 0 Å². The van der Waals surface area contributed by atoms with Crippen LogP contribution >= 0.6 is 22.6 Å². The summed E-state index contributed by atoms with van der Waals surface area (Å²) in [6, 6.07) is 10.8. The first-order chi connectivity index (χ1) is 8.12. The van der Waals surface area contributed by atoms with E-state index in [2.05, 4.69) is 27.9 Å². The maximum atomic E-state index is 8.89. The Morgan fingerprint density at radius 2 is 1.82 bits per heavy atom. The lowest BCUT2D eigenvalue weighted by Gasteiger charge is -2.08. The summed E-state index contributed by atoms with van der Waals surface area (Å²) in [5, 5.41) is 29.1. The predicted molar refractivity (Wildman–Crippen MR) is 71.4 cm³/mol. The molecule has 4 nitrogen and oxygen atoms in total. The molecule has 0 aliphatic carbocycles. The molecule has 0 unspecified atom stereocenters. The molecule has 5 heteroatoms. The molecule has 0 amide bonds. The molecule has 1 rings (SSSR count). The highest BCUT2D eigenvalue weighted by molar-refractivity contribution is 14.1. The van der Waals surface area contributed by atoms with Crippen LogP contribution in [0.15, 0.2) is 29.5 Å². The number of hydrogen-bond donors (Lipinski definition) is 1. The van der Waals surface area contributed by atoms with E-state index < -0.39 is 0 Å². The van der Waals surface area contributed by atoms with E-state index in [1.165, 1.54) is 0 Å². The van der Waals surface area contributed by atoms with Crippen molar-refractivity contribution in [1.29, 1.82) is 15.8 Å². The molecule has 0 saturated carbocycles. The van der Waals surface area contributed by atoms with Gasteiger partial charge in [0.2, 0.25) is 0 Å². The van der Waals surface area contributed by atoms with Gasteiger partial charge in [0.15, 0.2) is 5.57 Å². The molecule has 0 aliphatic rings.